The number of ketones is 1. The highest BCUT2D eigenvalue weighted by molar-refractivity contribution is 6.13. The number of aryl methyl sites for hydroxylation is 1. The fourth-order valence-corrected chi connectivity index (χ4v) is 4.15. The number of hydrogen-bond donors (Lipinski definition) is 0. The van der Waals surface area contributed by atoms with Gasteiger partial charge in [0.25, 0.3) is 5.69 Å². The number of fused-ring (bicyclic) bond motifs is 1. The Bertz CT molecular complexity index is 975. The summed E-state index contributed by atoms with van der Waals surface area (Å²) >= 11 is 0. The number of rotatable bonds is 4. The summed E-state index contributed by atoms with van der Waals surface area (Å²) in [6, 6.07) is 12.6. The van der Waals surface area contributed by atoms with Crippen LogP contribution < -0.4 is 4.90 Å². The van der Waals surface area contributed by atoms with Crippen molar-refractivity contribution in [1.29, 1.82) is 0 Å². The van der Waals surface area contributed by atoms with Gasteiger partial charge >= 0.3 is 0 Å². The maximum absolute atomic E-state index is 13.0. The van der Waals surface area contributed by atoms with E-state index in [1.165, 1.54) is 17.8 Å². The number of nitro benzene ring substituents is 1. The summed E-state index contributed by atoms with van der Waals surface area (Å²) in [5, 5.41) is 11.0. The molecular formula is C23H25N3O3. The zero-order chi connectivity index (χ0) is 20.4. The Hall–Kier alpha value is -2.99. The van der Waals surface area contributed by atoms with Crippen LogP contribution >= 0.6 is 0 Å². The van der Waals surface area contributed by atoms with E-state index in [-0.39, 0.29) is 11.5 Å². The Kier molecular flexibility index (Phi) is 5.45. The second kappa shape index (κ2) is 8.17. The van der Waals surface area contributed by atoms with Crippen LogP contribution in [0.15, 0.2) is 48.0 Å². The molecule has 0 atom stereocenters. The molecule has 1 saturated heterocycles. The van der Waals surface area contributed by atoms with Crippen LogP contribution in [-0.2, 0) is 6.42 Å². The number of nitro groups is 1. The number of Topliss-reactive ketones (excluding diaryl/α,β-unsaturated/α-hetero) is 1. The van der Waals surface area contributed by atoms with Gasteiger partial charge in [-0.3, -0.25) is 14.9 Å². The molecule has 0 amide bonds. The van der Waals surface area contributed by atoms with Crippen molar-refractivity contribution in [3.63, 3.8) is 0 Å². The molecular weight excluding hydrogens is 366 g/mol. The van der Waals surface area contributed by atoms with Crippen LogP contribution in [0.1, 0.15) is 34.8 Å². The SMILES string of the molecule is CCN1CCN(c2ccc3c(c2)CC/C(=C\c2cccc([N+](=O)[O-])c2)C3=O)CC1. The molecule has 0 spiro atoms. The van der Waals surface area contributed by atoms with Crippen molar-refractivity contribution in [2.24, 2.45) is 0 Å². The first-order valence-electron chi connectivity index (χ1n) is 10.1. The molecule has 6 heteroatoms. The number of carbonyl (C=O) groups is 1. The third-order valence-corrected chi connectivity index (χ3v) is 5.90. The predicted molar refractivity (Wildman–Crippen MR) is 114 cm³/mol. The van der Waals surface area contributed by atoms with E-state index in [4.69, 9.17) is 0 Å². The van der Waals surface area contributed by atoms with E-state index in [1.54, 1.807) is 18.2 Å². The Morgan fingerprint density at radius 2 is 1.86 bits per heavy atom. The summed E-state index contributed by atoms with van der Waals surface area (Å²) in [5.41, 5.74) is 4.48. The summed E-state index contributed by atoms with van der Waals surface area (Å²) in [6.45, 7) is 7.45. The zero-order valence-electron chi connectivity index (χ0n) is 16.6. The van der Waals surface area contributed by atoms with Crippen LogP contribution in [0.3, 0.4) is 0 Å². The topological polar surface area (TPSA) is 66.7 Å². The maximum Gasteiger partial charge on any atom is 0.270 e. The highest BCUT2D eigenvalue weighted by Gasteiger charge is 2.24. The molecule has 1 aliphatic carbocycles. The van der Waals surface area contributed by atoms with Crippen molar-refractivity contribution in [2.75, 3.05) is 37.6 Å². The summed E-state index contributed by atoms with van der Waals surface area (Å²) < 4.78 is 0. The van der Waals surface area contributed by atoms with Gasteiger partial charge in [0.15, 0.2) is 5.78 Å². The third-order valence-electron chi connectivity index (χ3n) is 5.90. The number of allylic oxidation sites excluding steroid dienone is 1. The average molecular weight is 391 g/mol. The van der Waals surface area contributed by atoms with Gasteiger partial charge in [0.1, 0.15) is 0 Å². The van der Waals surface area contributed by atoms with E-state index in [9.17, 15) is 14.9 Å². The van der Waals surface area contributed by atoms with Gasteiger partial charge in [-0.15, -0.1) is 0 Å². The minimum Gasteiger partial charge on any atom is -0.369 e. The average Bonchev–Trinajstić information content (AvgIpc) is 2.76. The Labute approximate surface area is 170 Å². The molecule has 2 aromatic rings. The molecule has 0 unspecified atom stereocenters. The highest BCUT2D eigenvalue weighted by Crippen LogP contribution is 2.30. The van der Waals surface area contributed by atoms with Crippen molar-refractivity contribution in [3.05, 3.63) is 74.8 Å². The van der Waals surface area contributed by atoms with Crippen LogP contribution in [0.5, 0.6) is 0 Å². The lowest BCUT2D eigenvalue weighted by Gasteiger charge is -2.36. The van der Waals surface area contributed by atoms with Gasteiger partial charge < -0.3 is 9.80 Å². The summed E-state index contributed by atoms with van der Waals surface area (Å²) in [6.07, 6.45) is 3.25. The number of piperazine rings is 1. The number of non-ortho nitro benzene ring substituents is 1. The van der Waals surface area contributed by atoms with Crippen molar-refractivity contribution in [2.45, 2.75) is 19.8 Å². The predicted octanol–water partition coefficient (Wildman–Crippen LogP) is 3.95. The zero-order valence-corrected chi connectivity index (χ0v) is 16.6. The molecule has 0 saturated carbocycles. The van der Waals surface area contributed by atoms with Crippen LogP contribution in [0, 0.1) is 10.1 Å². The van der Waals surface area contributed by atoms with Crippen LogP contribution in [0.25, 0.3) is 6.08 Å². The second-order valence-corrected chi connectivity index (χ2v) is 7.61. The largest absolute Gasteiger partial charge is 0.369 e. The molecule has 2 aliphatic rings. The first-order chi connectivity index (χ1) is 14.0. The lowest BCUT2D eigenvalue weighted by atomic mass is 9.85. The summed E-state index contributed by atoms with van der Waals surface area (Å²) in [4.78, 5) is 28.4. The summed E-state index contributed by atoms with van der Waals surface area (Å²) in [5.74, 6) is 0.0279. The number of benzene rings is 2. The van der Waals surface area contributed by atoms with Gasteiger partial charge in [-0.25, -0.2) is 0 Å². The number of likely N-dealkylation sites (N-methyl/N-ethyl adjacent to an activating group) is 1. The lowest BCUT2D eigenvalue weighted by molar-refractivity contribution is -0.384. The molecule has 0 bridgehead atoms. The van der Waals surface area contributed by atoms with Crippen molar-refractivity contribution >= 4 is 23.2 Å². The Balaban J connectivity index is 1.54. The van der Waals surface area contributed by atoms with E-state index >= 15 is 0 Å². The molecule has 0 radical (unpaired) electrons. The Morgan fingerprint density at radius 3 is 2.59 bits per heavy atom. The van der Waals surface area contributed by atoms with Gasteiger partial charge in [0.2, 0.25) is 0 Å². The smallest absolute Gasteiger partial charge is 0.270 e. The van der Waals surface area contributed by atoms with Gasteiger partial charge in [0, 0.05) is 55.1 Å². The molecule has 6 nitrogen and oxygen atoms in total. The standard InChI is InChI=1S/C23H25N3O3/c1-2-24-10-12-25(13-11-24)20-8-9-22-18(16-20)6-7-19(23(22)27)14-17-4-3-5-21(15-17)26(28)29/h3-5,8-9,14-16H,2,6-7,10-13H2,1H3/b19-14+. The van der Waals surface area contributed by atoms with Crippen LogP contribution in [0.2, 0.25) is 0 Å². The minimum atomic E-state index is -0.415. The third kappa shape index (κ3) is 4.07. The highest BCUT2D eigenvalue weighted by atomic mass is 16.6. The molecule has 0 N–H and O–H groups in total. The minimum absolute atomic E-state index is 0.0279. The first-order valence-corrected chi connectivity index (χ1v) is 10.1. The normalized spacial score (nSPS) is 18.7. The molecule has 4 rings (SSSR count). The monoisotopic (exact) mass is 391 g/mol. The quantitative estimate of drug-likeness (QED) is 0.449. The van der Waals surface area contributed by atoms with E-state index < -0.39 is 4.92 Å². The lowest BCUT2D eigenvalue weighted by Crippen LogP contribution is -2.46. The molecule has 1 fully saturated rings. The fourth-order valence-electron chi connectivity index (χ4n) is 4.15. The molecule has 29 heavy (non-hydrogen) atoms. The van der Waals surface area contributed by atoms with Crippen molar-refractivity contribution in [3.8, 4) is 0 Å². The molecule has 2 aromatic carbocycles. The fraction of sp³-hybridized carbons (Fsp3) is 0.348. The molecule has 150 valence electrons. The Morgan fingerprint density at radius 1 is 1.07 bits per heavy atom. The van der Waals surface area contributed by atoms with Crippen LogP contribution in [0.4, 0.5) is 11.4 Å². The first kappa shape index (κ1) is 19.3. The van der Waals surface area contributed by atoms with Crippen molar-refractivity contribution in [1.82, 2.24) is 4.90 Å². The molecule has 0 aromatic heterocycles. The van der Waals surface area contributed by atoms with Crippen LogP contribution in [-0.4, -0.2) is 48.3 Å². The van der Waals surface area contributed by atoms with Gasteiger partial charge in [-0.2, -0.15) is 0 Å². The number of hydrogen-bond acceptors (Lipinski definition) is 5. The second-order valence-electron chi connectivity index (χ2n) is 7.61. The van der Waals surface area contributed by atoms with Crippen molar-refractivity contribution < 1.29 is 9.72 Å². The molecule has 1 aliphatic heterocycles. The molecule has 1 heterocycles. The van der Waals surface area contributed by atoms with E-state index in [0.717, 1.165) is 50.3 Å². The summed E-state index contributed by atoms with van der Waals surface area (Å²) in [7, 11) is 0. The van der Waals surface area contributed by atoms with Gasteiger partial charge in [-0.1, -0.05) is 19.1 Å². The van der Waals surface area contributed by atoms with E-state index in [0.29, 0.717) is 17.6 Å². The number of nitrogens with zero attached hydrogens (tertiary/aromatic N) is 3. The number of carbonyl (C=O) groups excluding carboxylic acids is 1. The van der Waals surface area contributed by atoms with E-state index in [1.807, 2.05) is 6.07 Å². The van der Waals surface area contributed by atoms with Gasteiger partial charge in [0.05, 0.1) is 4.92 Å². The maximum atomic E-state index is 13.0. The number of anilines is 1. The van der Waals surface area contributed by atoms with Gasteiger partial charge in [-0.05, 0) is 54.8 Å². The van der Waals surface area contributed by atoms with E-state index in [2.05, 4.69) is 28.9 Å².